The van der Waals surface area contributed by atoms with Crippen molar-refractivity contribution in [1.82, 2.24) is 4.90 Å². The molecule has 0 radical (unpaired) electrons. The maximum absolute atomic E-state index is 13.7. The fraction of sp³-hybridized carbons (Fsp3) is 0.263. The molecule has 1 amide bonds. The van der Waals surface area contributed by atoms with Gasteiger partial charge in [0.25, 0.3) is 0 Å². The lowest BCUT2D eigenvalue weighted by Gasteiger charge is -2.29. The smallest absolute Gasteiger partial charge is 0.335 e. The number of fused-ring (bicyclic) bond motifs is 1. The average Bonchev–Trinajstić information content (AvgIpc) is 2.59. The number of aryl methyl sites for hydroxylation is 1. The summed E-state index contributed by atoms with van der Waals surface area (Å²) in [5.41, 5.74) is 2.07. The Kier molecular flexibility index (Phi) is 4.79. The third kappa shape index (κ3) is 3.84. The van der Waals surface area contributed by atoms with E-state index in [-0.39, 0.29) is 24.4 Å². The summed E-state index contributed by atoms with van der Waals surface area (Å²) in [5.74, 6) is -2.27. The van der Waals surface area contributed by atoms with E-state index in [1.54, 1.807) is 17.0 Å². The van der Waals surface area contributed by atoms with E-state index in [9.17, 15) is 18.4 Å². The second-order valence-electron chi connectivity index (χ2n) is 6.09. The van der Waals surface area contributed by atoms with E-state index in [1.807, 2.05) is 0 Å². The summed E-state index contributed by atoms with van der Waals surface area (Å²) in [5, 5.41) is 8.87. The zero-order valence-corrected chi connectivity index (χ0v) is 13.5. The van der Waals surface area contributed by atoms with Gasteiger partial charge in [-0.15, -0.1) is 0 Å². The molecule has 0 aromatic heterocycles. The van der Waals surface area contributed by atoms with E-state index in [1.165, 1.54) is 18.2 Å². The standard InChI is InChI=1S/C19H17F2NO3/c20-15-9-14-11-22(8-7-16(14)17(21)10-15)18(23)6-3-12-1-4-13(5-2-12)19(24)25/h1-2,4-5,9-10H,3,6-8,11H2,(H,24,25). The van der Waals surface area contributed by atoms with Gasteiger partial charge in [-0.1, -0.05) is 12.1 Å². The van der Waals surface area contributed by atoms with Gasteiger partial charge < -0.3 is 10.0 Å². The van der Waals surface area contributed by atoms with Gasteiger partial charge in [0.05, 0.1) is 5.56 Å². The molecule has 0 bridgehead atoms. The quantitative estimate of drug-likeness (QED) is 0.926. The first-order chi connectivity index (χ1) is 11.9. The molecule has 1 N–H and O–H groups in total. The Labute approximate surface area is 143 Å². The van der Waals surface area contributed by atoms with Crippen LogP contribution in [-0.2, 0) is 24.2 Å². The van der Waals surface area contributed by atoms with Crippen LogP contribution in [0.1, 0.15) is 33.5 Å². The van der Waals surface area contributed by atoms with Crippen LogP contribution in [0.5, 0.6) is 0 Å². The van der Waals surface area contributed by atoms with Crippen LogP contribution in [0.25, 0.3) is 0 Å². The molecule has 0 unspecified atom stereocenters. The Bertz CT molecular complexity index is 818. The summed E-state index contributed by atoms with van der Waals surface area (Å²) in [7, 11) is 0. The second-order valence-corrected chi connectivity index (χ2v) is 6.09. The number of aromatic carboxylic acids is 1. The molecular weight excluding hydrogens is 328 g/mol. The number of carbonyl (C=O) groups is 2. The van der Waals surface area contributed by atoms with Gasteiger partial charge in [-0.05, 0) is 47.7 Å². The largest absolute Gasteiger partial charge is 0.478 e. The molecule has 2 aromatic carbocycles. The molecule has 2 aromatic rings. The topological polar surface area (TPSA) is 57.6 Å². The number of carbonyl (C=O) groups excluding carboxylic acids is 1. The highest BCUT2D eigenvalue weighted by Gasteiger charge is 2.23. The minimum atomic E-state index is -0.992. The van der Waals surface area contributed by atoms with Crippen molar-refractivity contribution in [2.24, 2.45) is 0 Å². The van der Waals surface area contributed by atoms with Gasteiger partial charge in [0, 0.05) is 25.6 Å². The molecule has 130 valence electrons. The summed E-state index contributed by atoms with van der Waals surface area (Å²) in [6.07, 6.45) is 1.12. The Hall–Kier alpha value is -2.76. The second kappa shape index (κ2) is 7.01. The van der Waals surface area contributed by atoms with Gasteiger partial charge in [-0.25, -0.2) is 13.6 Å². The summed E-state index contributed by atoms with van der Waals surface area (Å²) in [6.45, 7) is 0.618. The van der Waals surface area contributed by atoms with Crippen molar-refractivity contribution in [3.8, 4) is 0 Å². The first kappa shape index (κ1) is 17.1. The van der Waals surface area contributed by atoms with Gasteiger partial charge in [-0.2, -0.15) is 0 Å². The summed E-state index contributed by atoms with van der Waals surface area (Å²) in [6, 6.07) is 8.54. The maximum Gasteiger partial charge on any atom is 0.335 e. The predicted octanol–water partition coefficient (Wildman–Crippen LogP) is 3.18. The third-order valence-corrected chi connectivity index (χ3v) is 4.43. The van der Waals surface area contributed by atoms with Crippen molar-refractivity contribution >= 4 is 11.9 Å². The molecule has 3 rings (SSSR count). The number of benzene rings is 2. The third-order valence-electron chi connectivity index (χ3n) is 4.43. The molecule has 0 atom stereocenters. The van der Waals surface area contributed by atoms with Gasteiger partial charge in [-0.3, -0.25) is 4.79 Å². The van der Waals surface area contributed by atoms with Gasteiger partial charge in [0.1, 0.15) is 11.6 Å². The minimum Gasteiger partial charge on any atom is -0.478 e. The first-order valence-electron chi connectivity index (χ1n) is 8.01. The molecule has 1 heterocycles. The molecule has 4 nitrogen and oxygen atoms in total. The first-order valence-corrected chi connectivity index (χ1v) is 8.01. The monoisotopic (exact) mass is 345 g/mol. The van der Waals surface area contributed by atoms with Crippen LogP contribution in [0.2, 0.25) is 0 Å². The SMILES string of the molecule is O=C(O)c1ccc(CCC(=O)N2CCc3c(F)cc(F)cc3C2)cc1. The maximum atomic E-state index is 13.7. The van der Waals surface area contributed by atoms with Crippen molar-refractivity contribution < 1.29 is 23.5 Å². The van der Waals surface area contributed by atoms with E-state index < -0.39 is 17.6 Å². The highest BCUT2D eigenvalue weighted by Crippen LogP contribution is 2.23. The number of carboxylic acids is 1. The molecule has 6 heteroatoms. The van der Waals surface area contributed by atoms with Gasteiger partial charge in [0.15, 0.2) is 0 Å². The lowest BCUT2D eigenvalue weighted by atomic mass is 9.98. The van der Waals surface area contributed by atoms with E-state index >= 15 is 0 Å². The summed E-state index contributed by atoms with van der Waals surface area (Å²) >= 11 is 0. The summed E-state index contributed by atoms with van der Waals surface area (Å²) < 4.78 is 27.1. The van der Waals surface area contributed by atoms with Crippen LogP contribution in [0.15, 0.2) is 36.4 Å². The van der Waals surface area contributed by atoms with Crippen molar-refractivity contribution in [2.75, 3.05) is 6.54 Å². The Morgan fingerprint density at radius 1 is 1.12 bits per heavy atom. The van der Waals surface area contributed by atoms with Crippen molar-refractivity contribution in [2.45, 2.75) is 25.8 Å². The number of hydrogen-bond donors (Lipinski definition) is 1. The Morgan fingerprint density at radius 2 is 1.84 bits per heavy atom. The van der Waals surface area contributed by atoms with Crippen LogP contribution in [0.4, 0.5) is 8.78 Å². The van der Waals surface area contributed by atoms with Gasteiger partial charge >= 0.3 is 5.97 Å². The molecule has 1 aliphatic rings. The molecule has 1 aliphatic heterocycles. The number of halogens is 2. The molecular formula is C19H17F2NO3. The average molecular weight is 345 g/mol. The molecule has 0 spiro atoms. The lowest BCUT2D eigenvalue weighted by molar-refractivity contribution is -0.132. The highest BCUT2D eigenvalue weighted by molar-refractivity contribution is 5.87. The fourth-order valence-corrected chi connectivity index (χ4v) is 3.05. The highest BCUT2D eigenvalue weighted by atomic mass is 19.1. The zero-order chi connectivity index (χ0) is 18.0. The molecule has 0 saturated carbocycles. The number of hydrogen-bond acceptors (Lipinski definition) is 2. The van der Waals surface area contributed by atoms with Crippen molar-refractivity contribution in [3.63, 3.8) is 0 Å². The van der Waals surface area contributed by atoms with Gasteiger partial charge in [0.2, 0.25) is 5.91 Å². The lowest BCUT2D eigenvalue weighted by Crippen LogP contribution is -2.36. The van der Waals surface area contributed by atoms with E-state index in [0.29, 0.717) is 30.5 Å². The molecule has 0 aliphatic carbocycles. The van der Waals surface area contributed by atoms with Crippen LogP contribution in [0.3, 0.4) is 0 Å². The van der Waals surface area contributed by atoms with Crippen molar-refractivity contribution in [3.05, 3.63) is 70.3 Å². The zero-order valence-electron chi connectivity index (χ0n) is 13.5. The number of carboxylic acid groups (broad SMARTS) is 1. The van der Waals surface area contributed by atoms with Crippen LogP contribution in [0, 0.1) is 11.6 Å². The fourth-order valence-electron chi connectivity index (χ4n) is 3.05. The van der Waals surface area contributed by atoms with Crippen LogP contribution >= 0.6 is 0 Å². The molecule has 0 fully saturated rings. The normalized spacial score (nSPS) is 13.4. The van der Waals surface area contributed by atoms with Crippen LogP contribution in [-0.4, -0.2) is 28.4 Å². The Morgan fingerprint density at radius 3 is 2.52 bits per heavy atom. The van der Waals surface area contributed by atoms with E-state index in [4.69, 9.17) is 5.11 Å². The number of nitrogens with zero attached hydrogens (tertiary/aromatic N) is 1. The molecule has 25 heavy (non-hydrogen) atoms. The summed E-state index contributed by atoms with van der Waals surface area (Å²) in [4.78, 5) is 24.8. The number of rotatable bonds is 4. The van der Waals surface area contributed by atoms with E-state index in [0.717, 1.165) is 11.6 Å². The minimum absolute atomic E-state index is 0.0855. The predicted molar refractivity (Wildman–Crippen MR) is 87.2 cm³/mol. The molecule has 0 saturated heterocycles. The van der Waals surface area contributed by atoms with Crippen LogP contribution < -0.4 is 0 Å². The van der Waals surface area contributed by atoms with E-state index in [2.05, 4.69) is 0 Å². The Balaban J connectivity index is 1.61. The van der Waals surface area contributed by atoms with Crippen molar-refractivity contribution in [1.29, 1.82) is 0 Å². The number of amides is 1.